The molecule has 2 atom stereocenters. The van der Waals surface area contributed by atoms with E-state index in [2.05, 4.69) is 10.1 Å². The summed E-state index contributed by atoms with van der Waals surface area (Å²) in [6.07, 6.45) is -6.34. The molecule has 0 amide bonds. The lowest BCUT2D eigenvalue weighted by Gasteiger charge is -2.26. The topological polar surface area (TPSA) is 58.6 Å². The molecule has 0 aromatic rings. The van der Waals surface area contributed by atoms with Gasteiger partial charge >= 0.3 is 12.1 Å². The van der Waals surface area contributed by atoms with Crippen LogP contribution in [0.5, 0.6) is 0 Å². The minimum atomic E-state index is -4.42. The normalized spacial score (nSPS) is 17.5. The number of carboxylic acids is 1. The van der Waals surface area contributed by atoms with E-state index in [1.165, 1.54) is 6.92 Å². The summed E-state index contributed by atoms with van der Waals surface area (Å²) in [5.74, 6) is -1.11. The lowest BCUT2D eigenvalue weighted by atomic mass is 9.98. The van der Waals surface area contributed by atoms with Crippen LogP contribution in [0.4, 0.5) is 13.2 Å². The fourth-order valence-electron chi connectivity index (χ4n) is 1.20. The molecule has 0 aromatic heterocycles. The van der Waals surface area contributed by atoms with Crippen molar-refractivity contribution in [2.75, 3.05) is 13.2 Å². The maximum absolute atomic E-state index is 12.1. The maximum atomic E-state index is 12.1. The average molecular weight is 257 g/mol. The van der Waals surface area contributed by atoms with Crippen LogP contribution in [-0.4, -0.2) is 42.0 Å². The number of carbonyl (C=O) groups is 1. The molecule has 0 rings (SSSR count). The van der Waals surface area contributed by atoms with Crippen LogP contribution in [0.1, 0.15) is 27.2 Å². The lowest BCUT2D eigenvalue weighted by molar-refractivity contribution is -0.215. The van der Waals surface area contributed by atoms with E-state index in [0.717, 1.165) is 6.92 Å². The Balaban J connectivity index is 4.21. The zero-order valence-corrected chi connectivity index (χ0v) is 10.1. The largest absolute Gasteiger partial charge is 0.480 e. The summed E-state index contributed by atoms with van der Waals surface area (Å²) in [7, 11) is 0. The molecule has 4 nitrogen and oxygen atoms in total. The number of halogens is 3. The first-order valence-electron chi connectivity index (χ1n) is 5.30. The zero-order valence-electron chi connectivity index (χ0n) is 10.1. The van der Waals surface area contributed by atoms with E-state index >= 15 is 0 Å². The van der Waals surface area contributed by atoms with Gasteiger partial charge < -0.3 is 15.2 Å². The van der Waals surface area contributed by atoms with E-state index in [9.17, 15) is 18.0 Å². The smallest absolute Gasteiger partial charge is 0.414 e. The summed E-state index contributed by atoms with van der Waals surface area (Å²) in [4.78, 5) is 10.9. The summed E-state index contributed by atoms with van der Waals surface area (Å²) < 4.78 is 40.9. The Hall–Kier alpha value is -0.820. The fourth-order valence-corrected chi connectivity index (χ4v) is 1.20. The minimum Gasteiger partial charge on any atom is -0.480 e. The number of aliphatic carboxylic acids is 1. The monoisotopic (exact) mass is 257 g/mol. The number of likely N-dealkylation sites (N-methyl/N-ethyl adjacent to an activating group) is 1. The van der Waals surface area contributed by atoms with Crippen LogP contribution in [0.15, 0.2) is 0 Å². The van der Waals surface area contributed by atoms with Gasteiger partial charge in [-0.05, 0) is 26.8 Å². The number of carboxylic acid groups (broad SMARTS) is 1. The number of hydrogen-bond donors (Lipinski definition) is 2. The van der Waals surface area contributed by atoms with E-state index in [1.54, 1.807) is 6.92 Å². The molecule has 0 aliphatic carbocycles. The van der Waals surface area contributed by atoms with Crippen LogP contribution >= 0.6 is 0 Å². The van der Waals surface area contributed by atoms with Crippen molar-refractivity contribution in [3.8, 4) is 0 Å². The molecule has 0 bridgehead atoms. The average Bonchev–Trinajstić information content (AvgIpc) is 2.16. The summed E-state index contributed by atoms with van der Waals surface area (Å²) >= 11 is 0. The molecule has 0 radical (unpaired) electrons. The molecule has 0 saturated carbocycles. The van der Waals surface area contributed by atoms with E-state index in [4.69, 9.17) is 5.11 Å². The molecular formula is C10H18F3NO3. The SMILES string of the molecule is CCNC(C)(CCOC(C)C(F)(F)F)C(=O)O. The quantitative estimate of drug-likeness (QED) is 0.730. The van der Waals surface area contributed by atoms with Crippen molar-refractivity contribution in [3.05, 3.63) is 0 Å². The minimum absolute atomic E-state index is 0.0312. The Labute approximate surface area is 98.1 Å². The lowest BCUT2D eigenvalue weighted by Crippen LogP contribution is -2.50. The van der Waals surface area contributed by atoms with Crippen molar-refractivity contribution in [2.24, 2.45) is 0 Å². The molecule has 102 valence electrons. The van der Waals surface area contributed by atoms with Crippen molar-refractivity contribution >= 4 is 5.97 Å². The molecule has 0 fully saturated rings. The molecule has 0 spiro atoms. The van der Waals surface area contributed by atoms with Gasteiger partial charge in [0.15, 0.2) is 6.10 Å². The second-order valence-electron chi connectivity index (χ2n) is 3.97. The summed E-state index contributed by atoms with van der Waals surface area (Å²) in [5, 5.41) is 11.7. The highest BCUT2D eigenvalue weighted by molar-refractivity contribution is 5.78. The predicted molar refractivity (Wildman–Crippen MR) is 55.8 cm³/mol. The Morgan fingerprint density at radius 2 is 2.00 bits per heavy atom. The van der Waals surface area contributed by atoms with Gasteiger partial charge in [0.2, 0.25) is 0 Å². The van der Waals surface area contributed by atoms with Crippen LogP contribution < -0.4 is 5.32 Å². The molecule has 0 heterocycles. The molecule has 2 N–H and O–H groups in total. The maximum Gasteiger partial charge on any atom is 0.414 e. The Kier molecular flexibility index (Phi) is 5.91. The van der Waals surface area contributed by atoms with Crippen LogP contribution in [0.25, 0.3) is 0 Å². The van der Waals surface area contributed by atoms with E-state index < -0.39 is 23.8 Å². The van der Waals surface area contributed by atoms with E-state index in [0.29, 0.717) is 6.54 Å². The van der Waals surface area contributed by atoms with Gasteiger partial charge in [-0.2, -0.15) is 13.2 Å². The standard InChI is InChI=1S/C10H18F3NO3/c1-4-14-9(3,8(15)16)5-6-17-7(2)10(11,12)13/h7,14H,4-6H2,1-3H3,(H,15,16). The molecule has 0 aliphatic heterocycles. The third kappa shape index (κ3) is 5.36. The first kappa shape index (κ1) is 16.2. The van der Waals surface area contributed by atoms with Gasteiger partial charge in [0.1, 0.15) is 5.54 Å². The number of rotatable bonds is 7. The summed E-state index contributed by atoms with van der Waals surface area (Å²) in [5.41, 5.74) is -1.26. The van der Waals surface area contributed by atoms with Gasteiger partial charge in [-0.15, -0.1) is 0 Å². The fraction of sp³-hybridized carbons (Fsp3) is 0.900. The van der Waals surface area contributed by atoms with Gasteiger partial charge in [-0.25, -0.2) is 0 Å². The van der Waals surface area contributed by atoms with Crippen LogP contribution in [0.3, 0.4) is 0 Å². The van der Waals surface area contributed by atoms with Gasteiger partial charge in [-0.3, -0.25) is 4.79 Å². The van der Waals surface area contributed by atoms with E-state index in [1.807, 2.05) is 0 Å². The number of ether oxygens (including phenoxy) is 1. The van der Waals surface area contributed by atoms with Gasteiger partial charge in [-0.1, -0.05) is 6.92 Å². The highest BCUT2D eigenvalue weighted by Gasteiger charge is 2.38. The van der Waals surface area contributed by atoms with E-state index in [-0.39, 0.29) is 13.0 Å². The second kappa shape index (κ2) is 6.20. The Morgan fingerprint density at radius 3 is 2.35 bits per heavy atom. The number of hydrogen-bond acceptors (Lipinski definition) is 3. The van der Waals surface area contributed by atoms with Gasteiger partial charge in [0.25, 0.3) is 0 Å². The third-order valence-electron chi connectivity index (χ3n) is 2.47. The molecule has 2 unspecified atom stereocenters. The Bertz CT molecular complexity index is 258. The van der Waals surface area contributed by atoms with Crippen molar-refractivity contribution in [3.63, 3.8) is 0 Å². The summed E-state index contributed by atoms with van der Waals surface area (Å²) in [6, 6.07) is 0. The molecule has 17 heavy (non-hydrogen) atoms. The van der Waals surface area contributed by atoms with Crippen LogP contribution in [0, 0.1) is 0 Å². The third-order valence-corrected chi connectivity index (χ3v) is 2.47. The van der Waals surface area contributed by atoms with Gasteiger partial charge in [0, 0.05) is 6.61 Å². The van der Waals surface area contributed by atoms with Gasteiger partial charge in [0.05, 0.1) is 0 Å². The number of alkyl halides is 3. The van der Waals surface area contributed by atoms with Crippen molar-refractivity contribution in [1.82, 2.24) is 5.32 Å². The van der Waals surface area contributed by atoms with Crippen LogP contribution in [-0.2, 0) is 9.53 Å². The highest BCUT2D eigenvalue weighted by Crippen LogP contribution is 2.23. The predicted octanol–water partition coefficient (Wildman–Crippen LogP) is 1.80. The first-order valence-corrected chi connectivity index (χ1v) is 5.30. The van der Waals surface area contributed by atoms with Crippen molar-refractivity contribution in [1.29, 1.82) is 0 Å². The van der Waals surface area contributed by atoms with Crippen molar-refractivity contribution < 1.29 is 27.8 Å². The summed E-state index contributed by atoms with van der Waals surface area (Å²) in [6.45, 7) is 4.18. The van der Waals surface area contributed by atoms with Crippen LogP contribution in [0.2, 0.25) is 0 Å². The molecular weight excluding hydrogens is 239 g/mol. The first-order chi connectivity index (χ1) is 7.63. The number of nitrogens with one attached hydrogen (secondary N) is 1. The molecule has 0 saturated heterocycles. The van der Waals surface area contributed by atoms with Crippen molar-refractivity contribution in [2.45, 2.75) is 45.0 Å². The molecule has 0 aliphatic rings. The highest BCUT2D eigenvalue weighted by atomic mass is 19.4. The molecule has 7 heteroatoms. The second-order valence-corrected chi connectivity index (χ2v) is 3.97. The zero-order chi connectivity index (χ0) is 13.7. The Morgan fingerprint density at radius 1 is 1.47 bits per heavy atom. The molecule has 0 aromatic carbocycles.